The van der Waals surface area contributed by atoms with Gasteiger partial charge in [-0.25, -0.2) is 4.39 Å². The molecule has 0 amide bonds. The molecule has 0 unspecified atom stereocenters. The summed E-state index contributed by atoms with van der Waals surface area (Å²) < 4.78 is 23.8. The predicted octanol–water partition coefficient (Wildman–Crippen LogP) is 3.36. The topological polar surface area (TPSA) is 49.3 Å². The van der Waals surface area contributed by atoms with Crippen molar-refractivity contribution in [1.82, 2.24) is 10.2 Å². The van der Waals surface area contributed by atoms with Crippen LogP contribution in [0.3, 0.4) is 0 Å². The molecule has 2 aromatic rings. The van der Waals surface area contributed by atoms with Crippen LogP contribution in [0.2, 0.25) is 0 Å². The summed E-state index contributed by atoms with van der Waals surface area (Å²) in [4.78, 5) is 8.92. The molecular weight excluding hydrogens is 486 g/mol. The molecule has 0 aliphatic carbocycles. The number of methoxy groups -OCH3 is 2. The molecule has 1 N–H and O–H groups in total. The lowest BCUT2D eigenvalue weighted by Crippen LogP contribution is -2.52. The Labute approximate surface area is 188 Å². The third-order valence-corrected chi connectivity index (χ3v) is 4.88. The first-order valence-electron chi connectivity index (χ1n) is 9.31. The van der Waals surface area contributed by atoms with Crippen molar-refractivity contribution < 1.29 is 13.9 Å². The molecule has 0 saturated carbocycles. The highest BCUT2D eigenvalue weighted by molar-refractivity contribution is 14.0. The Hall–Kier alpha value is -2.23. The highest BCUT2D eigenvalue weighted by atomic mass is 127. The number of ether oxygens (including phenoxy) is 2. The zero-order valence-electron chi connectivity index (χ0n) is 17.0. The van der Waals surface area contributed by atoms with Crippen LogP contribution >= 0.6 is 24.0 Å². The minimum Gasteiger partial charge on any atom is -0.493 e. The normalized spacial score (nSPS) is 14.3. The molecular formula is C21H28FIN4O2. The number of hydrogen-bond acceptors (Lipinski definition) is 4. The smallest absolute Gasteiger partial charge is 0.194 e. The van der Waals surface area contributed by atoms with E-state index < -0.39 is 0 Å². The van der Waals surface area contributed by atoms with Crippen LogP contribution in [0.1, 0.15) is 5.56 Å². The number of hydrogen-bond donors (Lipinski definition) is 1. The molecule has 29 heavy (non-hydrogen) atoms. The van der Waals surface area contributed by atoms with Gasteiger partial charge in [0, 0.05) is 45.5 Å². The van der Waals surface area contributed by atoms with Crippen molar-refractivity contribution in [3.05, 3.63) is 53.8 Å². The number of halogens is 2. The first-order valence-corrected chi connectivity index (χ1v) is 9.31. The van der Waals surface area contributed by atoms with Crippen molar-refractivity contribution in [2.24, 2.45) is 4.99 Å². The number of guanidine groups is 1. The van der Waals surface area contributed by atoms with E-state index in [1.807, 2.05) is 30.3 Å². The monoisotopic (exact) mass is 514 g/mol. The van der Waals surface area contributed by atoms with E-state index >= 15 is 0 Å². The fourth-order valence-electron chi connectivity index (χ4n) is 3.33. The number of nitrogens with zero attached hydrogens (tertiary/aromatic N) is 3. The number of piperazine rings is 1. The van der Waals surface area contributed by atoms with Gasteiger partial charge in [0.15, 0.2) is 17.5 Å². The predicted molar refractivity (Wildman–Crippen MR) is 125 cm³/mol. The lowest BCUT2D eigenvalue weighted by Gasteiger charge is -2.37. The highest BCUT2D eigenvalue weighted by Crippen LogP contribution is 2.27. The summed E-state index contributed by atoms with van der Waals surface area (Å²) in [6.45, 7) is 4.07. The zero-order valence-corrected chi connectivity index (χ0v) is 19.4. The summed E-state index contributed by atoms with van der Waals surface area (Å²) in [5, 5.41) is 3.42. The van der Waals surface area contributed by atoms with E-state index in [1.54, 1.807) is 21.3 Å². The molecule has 3 rings (SSSR count). The molecule has 1 aliphatic rings. The van der Waals surface area contributed by atoms with Gasteiger partial charge in [-0.05, 0) is 42.0 Å². The van der Waals surface area contributed by atoms with Crippen molar-refractivity contribution in [3.63, 3.8) is 0 Å². The molecule has 0 aromatic heterocycles. The van der Waals surface area contributed by atoms with E-state index in [4.69, 9.17) is 9.47 Å². The van der Waals surface area contributed by atoms with Crippen molar-refractivity contribution in [1.29, 1.82) is 0 Å². The molecule has 158 valence electrons. The van der Waals surface area contributed by atoms with E-state index in [1.165, 1.54) is 12.1 Å². The Kier molecular flexibility index (Phi) is 8.81. The first-order chi connectivity index (χ1) is 13.6. The Morgan fingerprint density at radius 3 is 2.24 bits per heavy atom. The quantitative estimate of drug-likeness (QED) is 0.377. The van der Waals surface area contributed by atoms with Crippen LogP contribution < -0.4 is 19.7 Å². The van der Waals surface area contributed by atoms with Crippen LogP contribution in [0.15, 0.2) is 47.5 Å². The largest absolute Gasteiger partial charge is 0.493 e. The Balaban J connectivity index is 0.00000300. The summed E-state index contributed by atoms with van der Waals surface area (Å²) in [5.74, 6) is 2.09. The van der Waals surface area contributed by atoms with Gasteiger partial charge in [-0.3, -0.25) is 4.99 Å². The van der Waals surface area contributed by atoms with E-state index in [9.17, 15) is 4.39 Å². The van der Waals surface area contributed by atoms with Crippen LogP contribution in [-0.2, 0) is 6.54 Å². The summed E-state index contributed by atoms with van der Waals surface area (Å²) in [6.07, 6.45) is 0. The summed E-state index contributed by atoms with van der Waals surface area (Å²) in [7, 11) is 5.06. The number of rotatable bonds is 5. The number of nitrogens with one attached hydrogen (secondary N) is 1. The van der Waals surface area contributed by atoms with Gasteiger partial charge in [0.1, 0.15) is 5.82 Å². The van der Waals surface area contributed by atoms with Crippen LogP contribution in [0, 0.1) is 5.82 Å². The molecule has 8 heteroatoms. The maximum absolute atomic E-state index is 13.1. The SMILES string of the molecule is CN=C(NCc1ccc(OC)c(OC)c1)N1CCN(c2ccc(F)cc2)CC1.I. The number of benzene rings is 2. The molecule has 1 fully saturated rings. The summed E-state index contributed by atoms with van der Waals surface area (Å²) in [6, 6.07) is 12.5. The number of aliphatic imine (C=N–C) groups is 1. The molecule has 1 saturated heterocycles. The minimum absolute atomic E-state index is 0. The second-order valence-electron chi connectivity index (χ2n) is 6.54. The fourth-order valence-corrected chi connectivity index (χ4v) is 3.33. The van der Waals surface area contributed by atoms with Crippen LogP contribution in [0.4, 0.5) is 10.1 Å². The maximum atomic E-state index is 13.1. The average Bonchev–Trinajstić information content (AvgIpc) is 2.75. The molecule has 0 radical (unpaired) electrons. The minimum atomic E-state index is -0.206. The third kappa shape index (κ3) is 5.88. The first kappa shape index (κ1) is 23.1. The van der Waals surface area contributed by atoms with Crippen LogP contribution in [0.25, 0.3) is 0 Å². The molecule has 0 atom stereocenters. The van der Waals surface area contributed by atoms with Gasteiger partial charge in [-0.15, -0.1) is 24.0 Å². The van der Waals surface area contributed by atoms with Crippen molar-refractivity contribution in [2.45, 2.75) is 6.54 Å². The van der Waals surface area contributed by atoms with Crippen LogP contribution in [0.5, 0.6) is 11.5 Å². The molecule has 2 aromatic carbocycles. The molecule has 0 bridgehead atoms. The summed E-state index contributed by atoms with van der Waals surface area (Å²) in [5.41, 5.74) is 2.14. The zero-order chi connectivity index (χ0) is 19.9. The van der Waals surface area contributed by atoms with Gasteiger partial charge in [-0.2, -0.15) is 0 Å². The van der Waals surface area contributed by atoms with Gasteiger partial charge >= 0.3 is 0 Å². The van der Waals surface area contributed by atoms with Crippen molar-refractivity contribution in [3.8, 4) is 11.5 Å². The van der Waals surface area contributed by atoms with E-state index in [0.717, 1.165) is 43.4 Å². The second kappa shape index (κ2) is 11.1. The summed E-state index contributed by atoms with van der Waals surface area (Å²) >= 11 is 0. The van der Waals surface area contributed by atoms with E-state index in [-0.39, 0.29) is 29.8 Å². The molecule has 1 heterocycles. The number of anilines is 1. The lowest BCUT2D eigenvalue weighted by molar-refractivity contribution is 0.354. The third-order valence-electron chi connectivity index (χ3n) is 4.88. The van der Waals surface area contributed by atoms with Gasteiger partial charge in [0.25, 0.3) is 0 Å². The van der Waals surface area contributed by atoms with E-state index in [2.05, 4.69) is 20.1 Å². The lowest BCUT2D eigenvalue weighted by atomic mass is 10.2. The van der Waals surface area contributed by atoms with Gasteiger partial charge < -0.3 is 24.6 Å². The maximum Gasteiger partial charge on any atom is 0.194 e. The average molecular weight is 514 g/mol. The fraction of sp³-hybridized carbons (Fsp3) is 0.381. The van der Waals surface area contributed by atoms with Crippen LogP contribution in [-0.4, -0.2) is 58.3 Å². The second-order valence-corrected chi connectivity index (χ2v) is 6.54. The Morgan fingerprint density at radius 1 is 1.00 bits per heavy atom. The highest BCUT2D eigenvalue weighted by Gasteiger charge is 2.20. The van der Waals surface area contributed by atoms with Gasteiger partial charge in [0.2, 0.25) is 0 Å². The molecule has 0 spiro atoms. The van der Waals surface area contributed by atoms with Gasteiger partial charge in [-0.1, -0.05) is 6.07 Å². The van der Waals surface area contributed by atoms with E-state index in [0.29, 0.717) is 18.0 Å². The Morgan fingerprint density at radius 2 is 1.66 bits per heavy atom. The Bertz CT molecular complexity index is 809. The van der Waals surface area contributed by atoms with Gasteiger partial charge in [0.05, 0.1) is 14.2 Å². The molecule has 1 aliphatic heterocycles. The molecule has 6 nitrogen and oxygen atoms in total. The van der Waals surface area contributed by atoms with Crippen molar-refractivity contribution in [2.75, 3.05) is 52.3 Å². The standard InChI is InChI=1S/C21H27FN4O2.HI/c1-23-21(24-15-16-4-9-19(27-2)20(14-16)28-3)26-12-10-25(11-13-26)18-7-5-17(22)6-8-18;/h4-9,14H,10-13,15H2,1-3H3,(H,23,24);1H. The van der Waals surface area contributed by atoms with Crippen molar-refractivity contribution >= 4 is 35.6 Å².